The molecule has 1 N–H and O–H groups in total. The van der Waals surface area contributed by atoms with E-state index >= 15 is 0 Å². The lowest BCUT2D eigenvalue weighted by Crippen LogP contribution is -2.22. The summed E-state index contributed by atoms with van der Waals surface area (Å²) in [7, 11) is 3.61. The Labute approximate surface area is 87.5 Å². The quantitative estimate of drug-likeness (QED) is 0.325. The summed E-state index contributed by atoms with van der Waals surface area (Å²) in [6, 6.07) is 5.41. The molecule has 1 heterocycles. The highest BCUT2D eigenvalue weighted by atomic mass is 16.7. The van der Waals surface area contributed by atoms with Crippen LogP contribution in [0, 0.1) is 0 Å². The fraction of sp³-hybridized carbons (Fsp3) is 0.300. The van der Waals surface area contributed by atoms with Crippen LogP contribution < -0.4 is 9.47 Å². The normalized spacial score (nSPS) is 14.1. The van der Waals surface area contributed by atoms with Crippen LogP contribution in [0.1, 0.15) is 5.56 Å². The highest BCUT2D eigenvalue weighted by Gasteiger charge is 2.16. The number of rotatable bonds is 1. The molecule has 0 unspecified atom stereocenters. The van der Waals surface area contributed by atoms with Gasteiger partial charge in [-0.15, -0.1) is 0 Å². The van der Waals surface area contributed by atoms with E-state index in [9.17, 15) is 0 Å². The van der Waals surface area contributed by atoms with E-state index in [1.165, 1.54) is 0 Å². The standard InChI is InChI=1S/C10H12N2O3/c1-12(2)10(11-13)7-3-4-8-9(5-7)15-6-14-8/h3-5,13H,6H2,1-2H3/b11-10-. The second-order valence-electron chi connectivity index (χ2n) is 3.39. The monoisotopic (exact) mass is 208 g/mol. The average Bonchev–Trinajstić information content (AvgIpc) is 2.65. The second kappa shape index (κ2) is 3.68. The Bertz CT molecular complexity index is 402. The van der Waals surface area contributed by atoms with E-state index in [4.69, 9.17) is 14.7 Å². The number of fused-ring (bicyclic) bond motifs is 1. The maximum Gasteiger partial charge on any atom is 0.231 e. The van der Waals surface area contributed by atoms with Crippen LogP contribution in [0.5, 0.6) is 11.5 Å². The van der Waals surface area contributed by atoms with Crippen molar-refractivity contribution in [3.63, 3.8) is 0 Å². The van der Waals surface area contributed by atoms with Gasteiger partial charge in [-0.1, -0.05) is 5.16 Å². The minimum absolute atomic E-state index is 0.242. The smallest absolute Gasteiger partial charge is 0.231 e. The zero-order chi connectivity index (χ0) is 10.8. The van der Waals surface area contributed by atoms with E-state index in [1.807, 2.05) is 6.07 Å². The van der Waals surface area contributed by atoms with Crippen molar-refractivity contribution in [2.45, 2.75) is 0 Å². The first-order chi connectivity index (χ1) is 7.22. The number of ether oxygens (including phenoxy) is 2. The average molecular weight is 208 g/mol. The second-order valence-corrected chi connectivity index (χ2v) is 3.39. The molecule has 0 aliphatic carbocycles. The maximum absolute atomic E-state index is 8.87. The summed E-state index contributed by atoms with van der Waals surface area (Å²) in [5.41, 5.74) is 0.784. The van der Waals surface area contributed by atoms with Crippen molar-refractivity contribution in [3.8, 4) is 11.5 Å². The van der Waals surface area contributed by atoms with Crippen LogP contribution in [-0.4, -0.2) is 36.8 Å². The number of amidine groups is 1. The molecular formula is C10H12N2O3. The molecule has 15 heavy (non-hydrogen) atoms. The van der Waals surface area contributed by atoms with Crippen molar-refractivity contribution < 1.29 is 14.7 Å². The lowest BCUT2D eigenvalue weighted by molar-refractivity contribution is 0.174. The lowest BCUT2D eigenvalue weighted by atomic mass is 10.2. The molecule has 0 aromatic heterocycles. The minimum Gasteiger partial charge on any atom is -0.454 e. The van der Waals surface area contributed by atoms with Crippen LogP contribution in [0.25, 0.3) is 0 Å². The summed E-state index contributed by atoms with van der Waals surface area (Å²) in [5.74, 6) is 1.87. The summed E-state index contributed by atoms with van der Waals surface area (Å²) < 4.78 is 10.4. The first kappa shape index (κ1) is 9.64. The Kier molecular flexibility index (Phi) is 2.37. The van der Waals surface area contributed by atoms with Crippen molar-refractivity contribution >= 4 is 5.84 Å². The van der Waals surface area contributed by atoms with Crippen LogP contribution in [-0.2, 0) is 0 Å². The van der Waals surface area contributed by atoms with Gasteiger partial charge in [0, 0.05) is 19.7 Å². The van der Waals surface area contributed by atoms with Gasteiger partial charge in [-0.3, -0.25) is 0 Å². The summed E-state index contributed by atoms with van der Waals surface area (Å²) >= 11 is 0. The summed E-state index contributed by atoms with van der Waals surface area (Å²) in [4.78, 5) is 1.72. The molecule has 0 bridgehead atoms. The van der Waals surface area contributed by atoms with Crippen molar-refractivity contribution in [3.05, 3.63) is 23.8 Å². The molecule has 5 nitrogen and oxygen atoms in total. The van der Waals surface area contributed by atoms with Gasteiger partial charge in [-0.05, 0) is 18.2 Å². The van der Waals surface area contributed by atoms with Crippen molar-refractivity contribution in [1.29, 1.82) is 0 Å². The van der Waals surface area contributed by atoms with Gasteiger partial charge < -0.3 is 19.6 Å². The Morgan fingerprint density at radius 1 is 1.33 bits per heavy atom. The molecule has 0 amide bonds. The topological polar surface area (TPSA) is 54.3 Å². The van der Waals surface area contributed by atoms with Crippen LogP contribution >= 0.6 is 0 Å². The summed E-state index contributed by atoms with van der Waals surface area (Å²) in [6.45, 7) is 0.242. The van der Waals surface area contributed by atoms with Gasteiger partial charge in [0.2, 0.25) is 6.79 Å². The molecule has 1 aromatic rings. The molecule has 0 radical (unpaired) electrons. The number of oxime groups is 1. The Hall–Kier alpha value is -1.91. The number of benzene rings is 1. The number of hydrogen-bond acceptors (Lipinski definition) is 4. The molecule has 1 aliphatic rings. The van der Waals surface area contributed by atoms with E-state index in [1.54, 1.807) is 31.1 Å². The van der Waals surface area contributed by atoms with Gasteiger partial charge in [-0.25, -0.2) is 0 Å². The fourth-order valence-electron chi connectivity index (χ4n) is 1.44. The first-order valence-electron chi connectivity index (χ1n) is 4.52. The van der Waals surface area contributed by atoms with Gasteiger partial charge in [0.15, 0.2) is 17.3 Å². The molecule has 80 valence electrons. The van der Waals surface area contributed by atoms with Gasteiger partial charge >= 0.3 is 0 Å². The first-order valence-corrected chi connectivity index (χ1v) is 4.52. The molecule has 2 rings (SSSR count). The van der Waals surface area contributed by atoms with E-state index in [-0.39, 0.29) is 6.79 Å². The maximum atomic E-state index is 8.87. The molecule has 0 spiro atoms. The summed E-state index contributed by atoms with van der Waals surface area (Å²) in [6.07, 6.45) is 0. The molecule has 0 saturated carbocycles. The van der Waals surface area contributed by atoms with Crippen LogP contribution in [0.2, 0.25) is 0 Å². The molecular weight excluding hydrogens is 196 g/mol. The van der Waals surface area contributed by atoms with Gasteiger partial charge in [0.05, 0.1) is 0 Å². The van der Waals surface area contributed by atoms with Crippen LogP contribution in [0.4, 0.5) is 0 Å². The Balaban J connectivity index is 2.38. The molecule has 1 aromatic carbocycles. The van der Waals surface area contributed by atoms with E-state index in [0.717, 1.165) is 11.3 Å². The molecule has 1 aliphatic heterocycles. The van der Waals surface area contributed by atoms with Gasteiger partial charge in [0.25, 0.3) is 0 Å². The van der Waals surface area contributed by atoms with Crippen molar-refractivity contribution in [2.24, 2.45) is 5.16 Å². The molecule has 5 heteroatoms. The zero-order valence-corrected chi connectivity index (χ0v) is 8.60. The minimum atomic E-state index is 0.242. The van der Waals surface area contributed by atoms with E-state index in [0.29, 0.717) is 11.6 Å². The number of hydrogen-bond donors (Lipinski definition) is 1. The molecule has 0 fully saturated rings. The van der Waals surface area contributed by atoms with Crippen LogP contribution in [0.15, 0.2) is 23.4 Å². The van der Waals surface area contributed by atoms with Gasteiger partial charge in [0.1, 0.15) is 0 Å². The zero-order valence-electron chi connectivity index (χ0n) is 8.60. The highest BCUT2D eigenvalue weighted by molar-refractivity contribution is 5.98. The SMILES string of the molecule is CN(C)/C(=N\O)c1ccc2c(c1)OCO2. The third-order valence-corrected chi connectivity index (χ3v) is 2.15. The highest BCUT2D eigenvalue weighted by Crippen LogP contribution is 2.32. The predicted octanol–water partition coefficient (Wildman–Crippen LogP) is 1.11. The largest absolute Gasteiger partial charge is 0.454 e. The number of nitrogens with zero attached hydrogens (tertiary/aromatic N) is 2. The molecule has 0 atom stereocenters. The third kappa shape index (κ3) is 1.68. The van der Waals surface area contributed by atoms with E-state index < -0.39 is 0 Å². The third-order valence-electron chi connectivity index (χ3n) is 2.15. The fourth-order valence-corrected chi connectivity index (χ4v) is 1.44. The van der Waals surface area contributed by atoms with Crippen molar-refractivity contribution in [1.82, 2.24) is 4.90 Å². The van der Waals surface area contributed by atoms with Gasteiger partial charge in [-0.2, -0.15) is 0 Å². The van der Waals surface area contributed by atoms with Crippen molar-refractivity contribution in [2.75, 3.05) is 20.9 Å². The van der Waals surface area contributed by atoms with Crippen LogP contribution in [0.3, 0.4) is 0 Å². The van der Waals surface area contributed by atoms with E-state index in [2.05, 4.69) is 5.16 Å². The predicted molar refractivity (Wildman–Crippen MR) is 54.6 cm³/mol. The lowest BCUT2D eigenvalue weighted by Gasteiger charge is -2.13. The Morgan fingerprint density at radius 2 is 2.07 bits per heavy atom. The molecule has 0 saturated heterocycles. The Morgan fingerprint density at radius 3 is 2.73 bits per heavy atom. The summed E-state index contributed by atoms with van der Waals surface area (Å²) in [5, 5.41) is 12.1.